The van der Waals surface area contributed by atoms with E-state index in [0.717, 1.165) is 0 Å². The summed E-state index contributed by atoms with van der Waals surface area (Å²) in [4.78, 5) is 34.1. The van der Waals surface area contributed by atoms with Crippen molar-refractivity contribution in [2.75, 3.05) is 18.5 Å². The van der Waals surface area contributed by atoms with Crippen molar-refractivity contribution in [3.05, 3.63) is 60.2 Å². The molecular weight excluding hydrogens is 312 g/mol. The Bertz CT molecular complexity index is 714. The van der Waals surface area contributed by atoms with E-state index in [9.17, 15) is 14.4 Å². The average Bonchev–Trinajstić information content (AvgIpc) is 2.59. The van der Waals surface area contributed by atoms with E-state index < -0.39 is 17.8 Å². The van der Waals surface area contributed by atoms with Gasteiger partial charge in [-0.25, -0.2) is 4.79 Å². The van der Waals surface area contributed by atoms with E-state index in [4.69, 9.17) is 9.84 Å². The normalized spacial score (nSPS) is 9.83. The summed E-state index contributed by atoms with van der Waals surface area (Å²) in [5.41, 5.74) is 0.569. The summed E-state index contributed by atoms with van der Waals surface area (Å²) in [5, 5.41) is 13.8. The molecule has 7 nitrogen and oxygen atoms in total. The summed E-state index contributed by atoms with van der Waals surface area (Å²) in [6, 6.07) is 14.6. The first-order valence-electron chi connectivity index (χ1n) is 7.12. The Morgan fingerprint density at radius 1 is 0.917 bits per heavy atom. The Hall–Kier alpha value is -3.35. The molecule has 0 unspecified atom stereocenters. The molecule has 0 saturated heterocycles. The highest BCUT2D eigenvalue weighted by Gasteiger charge is 2.08. The zero-order valence-corrected chi connectivity index (χ0v) is 12.7. The van der Waals surface area contributed by atoms with Crippen molar-refractivity contribution in [1.29, 1.82) is 0 Å². The van der Waals surface area contributed by atoms with Gasteiger partial charge in [0, 0.05) is 5.69 Å². The maximum atomic E-state index is 11.7. The summed E-state index contributed by atoms with van der Waals surface area (Å²) in [6.45, 7) is -0.401. The molecule has 0 saturated carbocycles. The lowest BCUT2D eigenvalue weighted by Gasteiger charge is -2.08. The number of anilines is 1. The zero-order valence-electron chi connectivity index (χ0n) is 12.7. The number of hydrogen-bond donors (Lipinski definition) is 3. The van der Waals surface area contributed by atoms with Crippen LogP contribution < -0.4 is 15.4 Å². The molecule has 3 N–H and O–H groups in total. The molecule has 0 fully saturated rings. The Morgan fingerprint density at radius 3 is 2.21 bits per heavy atom. The second-order valence-corrected chi connectivity index (χ2v) is 4.81. The molecule has 2 aromatic rings. The van der Waals surface area contributed by atoms with Crippen molar-refractivity contribution in [3.63, 3.8) is 0 Å². The number of carboxylic acid groups (broad SMARTS) is 1. The maximum absolute atomic E-state index is 11.7. The number of amides is 2. The van der Waals surface area contributed by atoms with Gasteiger partial charge in [0.15, 0.2) is 6.61 Å². The van der Waals surface area contributed by atoms with Crippen molar-refractivity contribution in [1.82, 2.24) is 5.32 Å². The van der Waals surface area contributed by atoms with Crippen LogP contribution in [0, 0.1) is 0 Å². The first-order valence-corrected chi connectivity index (χ1v) is 7.12. The number of ether oxygens (including phenoxy) is 1. The minimum absolute atomic E-state index is 0.124. The van der Waals surface area contributed by atoms with Gasteiger partial charge in [0.1, 0.15) is 5.75 Å². The van der Waals surface area contributed by atoms with Crippen molar-refractivity contribution < 1.29 is 24.2 Å². The molecule has 2 amide bonds. The summed E-state index contributed by atoms with van der Waals surface area (Å²) >= 11 is 0. The lowest BCUT2D eigenvalue weighted by atomic mass is 10.2. The Morgan fingerprint density at radius 2 is 1.58 bits per heavy atom. The van der Waals surface area contributed by atoms with E-state index in [1.165, 1.54) is 24.3 Å². The Kier molecular flexibility index (Phi) is 5.90. The summed E-state index contributed by atoms with van der Waals surface area (Å²) in [7, 11) is 0. The lowest BCUT2D eigenvalue weighted by molar-refractivity contribution is -0.125. The van der Waals surface area contributed by atoms with Crippen LogP contribution in [0.2, 0.25) is 0 Å². The topological polar surface area (TPSA) is 105 Å². The minimum atomic E-state index is -1.04. The first-order chi connectivity index (χ1) is 11.5. The van der Waals surface area contributed by atoms with Gasteiger partial charge in [0.25, 0.3) is 5.91 Å². The number of para-hydroxylation sites is 1. The summed E-state index contributed by atoms with van der Waals surface area (Å²) < 4.78 is 5.25. The van der Waals surface area contributed by atoms with Crippen LogP contribution in [-0.2, 0) is 9.59 Å². The average molecular weight is 328 g/mol. The van der Waals surface area contributed by atoms with Gasteiger partial charge >= 0.3 is 5.97 Å². The third-order valence-electron chi connectivity index (χ3n) is 2.97. The molecule has 0 aliphatic rings. The van der Waals surface area contributed by atoms with Gasteiger partial charge in [-0.1, -0.05) is 18.2 Å². The SMILES string of the molecule is O=C(COc1ccccc1)NCC(=O)Nc1ccc(C(=O)O)cc1. The predicted molar refractivity (Wildman–Crippen MR) is 87.0 cm³/mol. The maximum Gasteiger partial charge on any atom is 0.335 e. The number of rotatable bonds is 7. The van der Waals surface area contributed by atoms with E-state index >= 15 is 0 Å². The van der Waals surface area contributed by atoms with Gasteiger partial charge in [0.05, 0.1) is 12.1 Å². The quantitative estimate of drug-likeness (QED) is 0.715. The van der Waals surface area contributed by atoms with Crippen molar-refractivity contribution in [2.24, 2.45) is 0 Å². The Labute approximate surface area is 138 Å². The minimum Gasteiger partial charge on any atom is -0.484 e. The third kappa shape index (κ3) is 5.45. The van der Waals surface area contributed by atoms with E-state index in [0.29, 0.717) is 11.4 Å². The summed E-state index contributed by atoms with van der Waals surface area (Å²) in [5.74, 6) is -1.32. The van der Waals surface area contributed by atoms with Crippen LogP contribution in [0.5, 0.6) is 5.75 Å². The predicted octanol–water partition coefficient (Wildman–Crippen LogP) is 1.52. The second-order valence-electron chi connectivity index (χ2n) is 4.81. The van der Waals surface area contributed by atoms with Gasteiger partial charge in [-0.05, 0) is 36.4 Å². The first kappa shape index (κ1) is 17.0. The van der Waals surface area contributed by atoms with E-state index in [-0.39, 0.29) is 18.7 Å². The summed E-state index contributed by atoms with van der Waals surface area (Å²) in [6.07, 6.45) is 0. The molecule has 124 valence electrons. The molecule has 0 spiro atoms. The van der Waals surface area contributed by atoms with Crippen LogP contribution in [-0.4, -0.2) is 36.0 Å². The smallest absolute Gasteiger partial charge is 0.335 e. The fourth-order valence-electron chi connectivity index (χ4n) is 1.80. The fourth-order valence-corrected chi connectivity index (χ4v) is 1.80. The van der Waals surface area contributed by atoms with Crippen LogP contribution in [0.25, 0.3) is 0 Å². The number of carbonyl (C=O) groups is 3. The van der Waals surface area contributed by atoms with Crippen molar-refractivity contribution >= 4 is 23.5 Å². The molecule has 7 heteroatoms. The number of nitrogens with one attached hydrogen (secondary N) is 2. The molecule has 2 aromatic carbocycles. The van der Waals surface area contributed by atoms with E-state index in [1.54, 1.807) is 24.3 Å². The highest BCUT2D eigenvalue weighted by molar-refractivity contribution is 5.95. The molecule has 0 bridgehead atoms. The van der Waals surface area contributed by atoms with Gasteiger partial charge in [0.2, 0.25) is 5.91 Å². The molecule has 0 aliphatic carbocycles. The number of carboxylic acids is 1. The number of aromatic carboxylic acids is 1. The highest BCUT2D eigenvalue weighted by atomic mass is 16.5. The standard InChI is InChI=1S/C17H16N2O5/c20-15(19-13-8-6-12(7-9-13)17(22)23)10-18-16(21)11-24-14-4-2-1-3-5-14/h1-9H,10-11H2,(H,18,21)(H,19,20)(H,22,23). The largest absolute Gasteiger partial charge is 0.484 e. The van der Waals surface area contributed by atoms with E-state index in [2.05, 4.69) is 10.6 Å². The van der Waals surface area contributed by atoms with Crippen LogP contribution >= 0.6 is 0 Å². The molecule has 0 radical (unpaired) electrons. The van der Waals surface area contributed by atoms with Gasteiger partial charge < -0.3 is 20.5 Å². The second kappa shape index (κ2) is 8.33. The fraction of sp³-hybridized carbons (Fsp3) is 0.118. The van der Waals surface area contributed by atoms with Gasteiger partial charge in [-0.2, -0.15) is 0 Å². The lowest BCUT2D eigenvalue weighted by Crippen LogP contribution is -2.35. The van der Waals surface area contributed by atoms with Crippen LogP contribution in [0.1, 0.15) is 10.4 Å². The molecule has 24 heavy (non-hydrogen) atoms. The van der Waals surface area contributed by atoms with Crippen LogP contribution in [0.4, 0.5) is 5.69 Å². The molecule has 0 atom stereocenters. The molecule has 2 rings (SSSR count). The molecule has 0 aliphatic heterocycles. The molecule has 0 aromatic heterocycles. The molecule has 0 heterocycles. The van der Waals surface area contributed by atoms with Crippen molar-refractivity contribution in [3.8, 4) is 5.75 Å². The van der Waals surface area contributed by atoms with Crippen LogP contribution in [0.3, 0.4) is 0 Å². The zero-order chi connectivity index (χ0) is 17.4. The van der Waals surface area contributed by atoms with Gasteiger partial charge in [-0.3, -0.25) is 9.59 Å². The Balaban J connectivity index is 1.72. The number of benzene rings is 2. The number of carbonyl (C=O) groups excluding carboxylic acids is 2. The number of hydrogen-bond acceptors (Lipinski definition) is 4. The molecular formula is C17H16N2O5. The monoisotopic (exact) mass is 328 g/mol. The van der Waals surface area contributed by atoms with Crippen molar-refractivity contribution in [2.45, 2.75) is 0 Å². The van der Waals surface area contributed by atoms with E-state index in [1.807, 2.05) is 6.07 Å². The van der Waals surface area contributed by atoms with Crippen LogP contribution in [0.15, 0.2) is 54.6 Å². The highest BCUT2D eigenvalue weighted by Crippen LogP contribution is 2.09. The third-order valence-corrected chi connectivity index (χ3v) is 2.97. The van der Waals surface area contributed by atoms with Gasteiger partial charge in [-0.15, -0.1) is 0 Å².